The Labute approximate surface area is 129 Å². The largest absolute Gasteiger partial charge is 0.586 e. The van der Waals surface area contributed by atoms with Crippen molar-refractivity contribution in [2.75, 3.05) is 5.32 Å². The summed E-state index contributed by atoms with van der Waals surface area (Å²) in [6, 6.07) is 9.76. The molecule has 1 aliphatic heterocycles. The van der Waals surface area contributed by atoms with E-state index in [1.165, 1.54) is 12.1 Å². The summed E-state index contributed by atoms with van der Waals surface area (Å²) >= 11 is 12.0. The number of nitrogens with one attached hydrogen (secondary N) is 1. The summed E-state index contributed by atoms with van der Waals surface area (Å²) in [5, 5.41) is 3.98. The Morgan fingerprint density at radius 3 is 2.62 bits per heavy atom. The van der Waals surface area contributed by atoms with E-state index in [4.69, 9.17) is 23.2 Å². The molecule has 1 N–H and O–H groups in total. The van der Waals surface area contributed by atoms with Crippen LogP contribution in [0.15, 0.2) is 36.4 Å². The highest BCUT2D eigenvalue weighted by molar-refractivity contribution is 6.42. The van der Waals surface area contributed by atoms with Gasteiger partial charge in [-0.25, -0.2) is 0 Å². The molecule has 0 atom stereocenters. The first-order valence-electron chi connectivity index (χ1n) is 6.01. The van der Waals surface area contributed by atoms with Crippen LogP contribution in [0.1, 0.15) is 5.56 Å². The van der Waals surface area contributed by atoms with Crippen molar-refractivity contribution in [2.45, 2.75) is 12.8 Å². The van der Waals surface area contributed by atoms with E-state index in [2.05, 4.69) is 14.8 Å². The average Bonchev–Trinajstić information content (AvgIpc) is 2.73. The Morgan fingerprint density at radius 1 is 1.05 bits per heavy atom. The molecule has 0 fully saturated rings. The zero-order chi connectivity index (χ0) is 15.0. The molecule has 2 aromatic carbocycles. The van der Waals surface area contributed by atoms with Gasteiger partial charge in [0.1, 0.15) is 0 Å². The van der Waals surface area contributed by atoms with Crippen LogP contribution in [-0.2, 0) is 6.54 Å². The zero-order valence-electron chi connectivity index (χ0n) is 10.5. The second-order valence-electron chi connectivity index (χ2n) is 4.40. The summed E-state index contributed by atoms with van der Waals surface area (Å²) in [7, 11) is 0. The van der Waals surface area contributed by atoms with Gasteiger partial charge in [0.05, 0.1) is 10.0 Å². The van der Waals surface area contributed by atoms with Crippen molar-refractivity contribution in [1.82, 2.24) is 0 Å². The molecular weight excluding hydrogens is 323 g/mol. The van der Waals surface area contributed by atoms with Crippen LogP contribution in [0.25, 0.3) is 0 Å². The van der Waals surface area contributed by atoms with Gasteiger partial charge in [0, 0.05) is 18.3 Å². The van der Waals surface area contributed by atoms with Gasteiger partial charge in [-0.2, -0.15) is 0 Å². The minimum atomic E-state index is -3.61. The molecule has 3 nitrogen and oxygen atoms in total. The van der Waals surface area contributed by atoms with Gasteiger partial charge < -0.3 is 14.8 Å². The van der Waals surface area contributed by atoms with E-state index in [9.17, 15) is 8.78 Å². The van der Waals surface area contributed by atoms with Crippen LogP contribution in [0.3, 0.4) is 0 Å². The summed E-state index contributed by atoms with van der Waals surface area (Å²) in [6.45, 7) is 0.398. The number of fused-ring (bicyclic) bond motifs is 1. The Kier molecular flexibility index (Phi) is 3.55. The number of alkyl halides is 2. The molecule has 0 bridgehead atoms. The highest BCUT2D eigenvalue weighted by atomic mass is 35.5. The lowest BCUT2D eigenvalue weighted by Crippen LogP contribution is -2.25. The van der Waals surface area contributed by atoms with Gasteiger partial charge in [-0.15, -0.1) is 8.78 Å². The molecule has 1 heterocycles. The topological polar surface area (TPSA) is 30.5 Å². The SMILES string of the molecule is FC1(F)Oc2ccc(NCc3cccc(Cl)c3Cl)cc2O1. The molecule has 110 valence electrons. The van der Waals surface area contributed by atoms with Gasteiger partial charge in [0.15, 0.2) is 11.5 Å². The lowest BCUT2D eigenvalue weighted by molar-refractivity contribution is -0.286. The van der Waals surface area contributed by atoms with Crippen LogP contribution in [0.4, 0.5) is 14.5 Å². The third kappa shape index (κ3) is 2.99. The number of hydrogen-bond donors (Lipinski definition) is 1. The summed E-state index contributed by atoms with van der Waals surface area (Å²) in [4.78, 5) is 0. The normalized spacial score (nSPS) is 15.0. The second kappa shape index (κ2) is 5.24. The number of anilines is 1. The summed E-state index contributed by atoms with van der Waals surface area (Å²) in [6.07, 6.45) is -3.61. The van der Waals surface area contributed by atoms with E-state index in [0.29, 0.717) is 22.3 Å². The summed E-state index contributed by atoms with van der Waals surface area (Å²) < 4.78 is 34.6. The average molecular weight is 332 g/mol. The Hall–Kier alpha value is -1.72. The van der Waals surface area contributed by atoms with E-state index >= 15 is 0 Å². The van der Waals surface area contributed by atoms with E-state index in [0.717, 1.165) is 5.56 Å². The number of hydrogen-bond acceptors (Lipinski definition) is 3. The van der Waals surface area contributed by atoms with E-state index in [1.54, 1.807) is 18.2 Å². The van der Waals surface area contributed by atoms with Crippen molar-refractivity contribution in [2.24, 2.45) is 0 Å². The fourth-order valence-corrected chi connectivity index (χ4v) is 2.33. The zero-order valence-corrected chi connectivity index (χ0v) is 12.0. The molecule has 0 spiro atoms. The number of ether oxygens (including phenoxy) is 2. The molecule has 21 heavy (non-hydrogen) atoms. The van der Waals surface area contributed by atoms with Crippen LogP contribution in [0, 0.1) is 0 Å². The van der Waals surface area contributed by atoms with Crippen LogP contribution in [0.2, 0.25) is 10.0 Å². The molecule has 0 radical (unpaired) electrons. The van der Waals surface area contributed by atoms with Gasteiger partial charge in [-0.05, 0) is 23.8 Å². The molecule has 3 rings (SSSR count). The van der Waals surface area contributed by atoms with Gasteiger partial charge in [0.25, 0.3) is 0 Å². The highest BCUT2D eigenvalue weighted by Crippen LogP contribution is 2.42. The van der Waals surface area contributed by atoms with E-state index in [-0.39, 0.29) is 11.5 Å². The fraction of sp³-hybridized carbons (Fsp3) is 0.143. The number of halogens is 4. The fourth-order valence-electron chi connectivity index (χ4n) is 1.94. The van der Waals surface area contributed by atoms with Crippen LogP contribution >= 0.6 is 23.2 Å². The molecule has 0 unspecified atom stereocenters. The maximum absolute atomic E-state index is 12.9. The highest BCUT2D eigenvalue weighted by Gasteiger charge is 2.43. The molecule has 0 aliphatic carbocycles. The van der Waals surface area contributed by atoms with Crippen molar-refractivity contribution in [3.8, 4) is 11.5 Å². The maximum Gasteiger partial charge on any atom is 0.586 e. The standard InChI is InChI=1S/C14H9Cl2F2NO2/c15-10-3-1-2-8(13(10)16)7-19-9-4-5-11-12(6-9)21-14(17,18)20-11/h1-6,19H,7H2. The van der Waals surface area contributed by atoms with Gasteiger partial charge in [-0.3, -0.25) is 0 Å². The van der Waals surface area contributed by atoms with Crippen molar-refractivity contribution in [1.29, 1.82) is 0 Å². The first kappa shape index (κ1) is 14.2. The molecule has 0 saturated heterocycles. The Bertz CT molecular complexity index is 695. The van der Waals surface area contributed by atoms with Crippen molar-refractivity contribution in [3.05, 3.63) is 52.0 Å². The van der Waals surface area contributed by atoms with Crippen molar-refractivity contribution in [3.63, 3.8) is 0 Å². The predicted molar refractivity (Wildman–Crippen MR) is 76.4 cm³/mol. The molecule has 0 amide bonds. The smallest absolute Gasteiger partial charge is 0.395 e. The second-order valence-corrected chi connectivity index (χ2v) is 5.18. The molecule has 1 aliphatic rings. The van der Waals surface area contributed by atoms with Crippen LogP contribution < -0.4 is 14.8 Å². The summed E-state index contributed by atoms with van der Waals surface area (Å²) in [5.41, 5.74) is 1.40. The van der Waals surface area contributed by atoms with Crippen LogP contribution in [0.5, 0.6) is 11.5 Å². The molecule has 0 aromatic heterocycles. The number of rotatable bonds is 3. The van der Waals surface area contributed by atoms with Crippen LogP contribution in [-0.4, -0.2) is 6.29 Å². The minimum Gasteiger partial charge on any atom is -0.395 e. The molecular formula is C14H9Cl2F2NO2. The third-order valence-corrected chi connectivity index (χ3v) is 3.77. The first-order valence-corrected chi connectivity index (χ1v) is 6.77. The first-order chi connectivity index (χ1) is 9.94. The van der Waals surface area contributed by atoms with E-state index < -0.39 is 6.29 Å². The quantitative estimate of drug-likeness (QED) is 0.865. The van der Waals surface area contributed by atoms with E-state index in [1.807, 2.05) is 6.07 Å². The van der Waals surface area contributed by atoms with Gasteiger partial charge in [0.2, 0.25) is 0 Å². The molecule has 2 aromatic rings. The monoisotopic (exact) mass is 331 g/mol. The van der Waals surface area contributed by atoms with Crippen molar-refractivity contribution >= 4 is 28.9 Å². The lowest BCUT2D eigenvalue weighted by atomic mass is 10.2. The third-order valence-electron chi connectivity index (χ3n) is 2.92. The van der Waals surface area contributed by atoms with Gasteiger partial charge >= 0.3 is 6.29 Å². The van der Waals surface area contributed by atoms with Crippen molar-refractivity contribution < 1.29 is 18.3 Å². The summed E-state index contributed by atoms with van der Waals surface area (Å²) in [5.74, 6) is -0.00599. The van der Waals surface area contributed by atoms with Gasteiger partial charge in [-0.1, -0.05) is 35.3 Å². The molecule has 7 heteroatoms. The maximum atomic E-state index is 12.9. The Balaban J connectivity index is 1.74. The minimum absolute atomic E-state index is 0.00587. The predicted octanol–water partition coefficient (Wildman–Crippen LogP) is 4.93. The lowest BCUT2D eigenvalue weighted by Gasteiger charge is -2.09. The Morgan fingerprint density at radius 2 is 1.81 bits per heavy atom. The molecule has 0 saturated carbocycles. The number of benzene rings is 2.